The van der Waals surface area contributed by atoms with Gasteiger partial charge in [0.05, 0.1) is 11.1 Å². The van der Waals surface area contributed by atoms with Gasteiger partial charge >= 0.3 is 0 Å². The summed E-state index contributed by atoms with van der Waals surface area (Å²) >= 11 is 7.01. The second-order valence-corrected chi connectivity index (χ2v) is 6.65. The highest BCUT2D eigenvalue weighted by atomic mass is 32.1. The Morgan fingerprint density at radius 3 is 2.71 bits per heavy atom. The molecule has 0 bridgehead atoms. The molecular weight excluding hydrogens is 300 g/mol. The fraction of sp³-hybridized carbons (Fsp3) is 0.250. The van der Waals surface area contributed by atoms with Crippen molar-refractivity contribution in [1.82, 2.24) is 9.55 Å². The third-order valence-electron chi connectivity index (χ3n) is 3.84. The molecule has 3 nitrogen and oxygen atoms in total. The average molecular weight is 316 g/mol. The van der Waals surface area contributed by atoms with Gasteiger partial charge in [0, 0.05) is 4.88 Å². The molecule has 0 unspecified atom stereocenters. The van der Waals surface area contributed by atoms with Crippen molar-refractivity contribution in [2.75, 3.05) is 0 Å². The van der Waals surface area contributed by atoms with Gasteiger partial charge in [-0.25, -0.2) is 0 Å². The Morgan fingerprint density at radius 2 is 2.00 bits per heavy atom. The zero-order valence-electron chi connectivity index (χ0n) is 12.2. The van der Waals surface area contributed by atoms with E-state index in [1.807, 2.05) is 38.1 Å². The highest BCUT2D eigenvalue weighted by Gasteiger charge is 2.14. The standard InChI is InChI=1S/C16H16N2OS2/c1-4-11-7-5-6-8-12(11)18-15(19)13-9(2)10(3)21-14(13)17-16(18)20/h5-8H,4H2,1-3H3,(H,17,20). The van der Waals surface area contributed by atoms with Crippen molar-refractivity contribution in [3.63, 3.8) is 0 Å². The van der Waals surface area contributed by atoms with Crippen molar-refractivity contribution < 1.29 is 0 Å². The molecule has 0 atom stereocenters. The zero-order valence-corrected chi connectivity index (χ0v) is 13.8. The van der Waals surface area contributed by atoms with Crippen molar-refractivity contribution in [2.45, 2.75) is 27.2 Å². The van der Waals surface area contributed by atoms with E-state index < -0.39 is 0 Å². The lowest BCUT2D eigenvalue weighted by Gasteiger charge is -2.11. The molecule has 1 N–H and O–H groups in total. The van der Waals surface area contributed by atoms with Crippen LogP contribution < -0.4 is 5.56 Å². The Labute approximate surface area is 131 Å². The van der Waals surface area contributed by atoms with Gasteiger partial charge in [0.25, 0.3) is 5.56 Å². The Kier molecular flexibility index (Phi) is 3.55. The molecule has 3 aromatic rings. The summed E-state index contributed by atoms with van der Waals surface area (Å²) in [6.07, 6.45) is 0.858. The number of aromatic nitrogens is 2. The minimum Gasteiger partial charge on any atom is -0.323 e. The van der Waals surface area contributed by atoms with E-state index in [-0.39, 0.29) is 5.56 Å². The SMILES string of the molecule is CCc1ccccc1-n1c(=S)[nH]c2sc(C)c(C)c2c1=O. The molecule has 21 heavy (non-hydrogen) atoms. The van der Waals surface area contributed by atoms with Crippen LogP contribution in [0.3, 0.4) is 0 Å². The number of nitrogens with one attached hydrogen (secondary N) is 1. The number of fused-ring (bicyclic) bond motifs is 1. The molecule has 0 aliphatic heterocycles. The van der Waals surface area contributed by atoms with Gasteiger partial charge in [-0.15, -0.1) is 11.3 Å². The number of hydrogen-bond acceptors (Lipinski definition) is 3. The summed E-state index contributed by atoms with van der Waals surface area (Å²) in [5, 5.41) is 0.747. The van der Waals surface area contributed by atoms with Crippen molar-refractivity contribution in [3.05, 3.63) is 55.4 Å². The number of para-hydroxylation sites is 1. The fourth-order valence-corrected chi connectivity index (χ4v) is 3.98. The second-order valence-electron chi connectivity index (χ2n) is 5.04. The van der Waals surface area contributed by atoms with E-state index in [1.165, 1.54) is 0 Å². The molecule has 0 saturated heterocycles. The number of H-pyrrole nitrogens is 1. The number of aromatic amines is 1. The molecule has 0 spiro atoms. The second kappa shape index (κ2) is 5.24. The Bertz CT molecular complexity index is 947. The minimum atomic E-state index is -0.0310. The van der Waals surface area contributed by atoms with Crippen LogP contribution in [0.4, 0.5) is 0 Å². The zero-order chi connectivity index (χ0) is 15.1. The van der Waals surface area contributed by atoms with Crippen LogP contribution >= 0.6 is 23.6 Å². The molecule has 108 valence electrons. The highest BCUT2D eigenvalue weighted by Crippen LogP contribution is 2.26. The third kappa shape index (κ3) is 2.17. The number of thiophene rings is 1. The van der Waals surface area contributed by atoms with Gasteiger partial charge in [0.1, 0.15) is 4.83 Å². The largest absolute Gasteiger partial charge is 0.323 e. The summed E-state index contributed by atoms with van der Waals surface area (Å²) in [7, 11) is 0. The lowest BCUT2D eigenvalue weighted by Crippen LogP contribution is -2.21. The van der Waals surface area contributed by atoms with Gasteiger partial charge in [-0.3, -0.25) is 9.36 Å². The lowest BCUT2D eigenvalue weighted by molar-refractivity contribution is 0.918. The molecular formula is C16H16N2OS2. The maximum atomic E-state index is 12.9. The Morgan fingerprint density at radius 1 is 1.29 bits per heavy atom. The molecule has 0 fully saturated rings. The number of aryl methyl sites for hydroxylation is 3. The van der Waals surface area contributed by atoms with Gasteiger partial charge < -0.3 is 4.98 Å². The van der Waals surface area contributed by atoms with Crippen LogP contribution in [0.1, 0.15) is 22.9 Å². The van der Waals surface area contributed by atoms with Crippen LogP contribution in [-0.4, -0.2) is 9.55 Å². The predicted octanol–water partition coefficient (Wildman–Crippen LogP) is 4.29. The van der Waals surface area contributed by atoms with Crippen LogP contribution in [0.15, 0.2) is 29.1 Å². The van der Waals surface area contributed by atoms with Crippen molar-refractivity contribution in [2.24, 2.45) is 0 Å². The first kappa shape index (κ1) is 14.2. The number of benzene rings is 1. The lowest BCUT2D eigenvalue weighted by atomic mass is 10.1. The van der Waals surface area contributed by atoms with Crippen molar-refractivity contribution >= 4 is 33.8 Å². The normalized spacial score (nSPS) is 11.2. The smallest absolute Gasteiger partial charge is 0.267 e. The van der Waals surface area contributed by atoms with Crippen LogP contribution in [-0.2, 0) is 6.42 Å². The minimum absolute atomic E-state index is 0.0310. The van der Waals surface area contributed by atoms with Crippen LogP contribution in [0.25, 0.3) is 15.9 Å². The van der Waals surface area contributed by atoms with Gasteiger partial charge in [0.15, 0.2) is 4.77 Å². The molecule has 2 heterocycles. The summed E-state index contributed by atoms with van der Waals surface area (Å²) < 4.78 is 2.07. The molecule has 5 heteroatoms. The van der Waals surface area contributed by atoms with E-state index in [0.717, 1.165) is 38.3 Å². The molecule has 3 rings (SSSR count). The molecule has 1 aromatic carbocycles. The summed E-state index contributed by atoms with van der Waals surface area (Å²) in [5.41, 5.74) is 2.99. The van der Waals surface area contributed by atoms with E-state index in [1.54, 1.807) is 15.9 Å². The topological polar surface area (TPSA) is 37.8 Å². The molecule has 2 aromatic heterocycles. The van der Waals surface area contributed by atoms with Gasteiger partial charge in [0.2, 0.25) is 0 Å². The number of hydrogen-bond donors (Lipinski definition) is 1. The highest BCUT2D eigenvalue weighted by molar-refractivity contribution is 7.71. The monoisotopic (exact) mass is 316 g/mol. The van der Waals surface area contributed by atoms with Crippen LogP contribution in [0.2, 0.25) is 0 Å². The van der Waals surface area contributed by atoms with Gasteiger partial charge in [-0.2, -0.15) is 0 Å². The quantitative estimate of drug-likeness (QED) is 0.716. The van der Waals surface area contributed by atoms with E-state index >= 15 is 0 Å². The Hall–Kier alpha value is -1.72. The van der Waals surface area contributed by atoms with Crippen molar-refractivity contribution in [3.8, 4) is 5.69 Å². The maximum Gasteiger partial charge on any atom is 0.267 e. The van der Waals surface area contributed by atoms with Crippen LogP contribution in [0, 0.1) is 18.6 Å². The summed E-state index contributed by atoms with van der Waals surface area (Å²) in [5.74, 6) is 0. The molecule has 0 aliphatic carbocycles. The first-order valence-electron chi connectivity index (χ1n) is 6.88. The van der Waals surface area contributed by atoms with Crippen molar-refractivity contribution in [1.29, 1.82) is 0 Å². The summed E-state index contributed by atoms with van der Waals surface area (Å²) in [4.78, 5) is 18.2. The summed E-state index contributed by atoms with van der Waals surface area (Å²) in [6, 6.07) is 7.90. The molecule has 0 saturated carbocycles. The van der Waals surface area contributed by atoms with Gasteiger partial charge in [-0.1, -0.05) is 25.1 Å². The van der Waals surface area contributed by atoms with Gasteiger partial charge in [-0.05, 0) is 49.7 Å². The predicted molar refractivity (Wildman–Crippen MR) is 91.5 cm³/mol. The first-order chi connectivity index (χ1) is 10.0. The molecule has 0 amide bonds. The Balaban J connectivity index is 2.46. The van der Waals surface area contributed by atoms with E-state index in [2.05, 4.69) is 11.9 Å². The van der Waals surface area contributed by atoms with E-state index in [0.29, 0.717) is 4.77 Å². The first-order valence-corrected chi connectivity index (χ1v) is 8.10. The summed E-state index contributed by atoms with van der Waals surface area (Å²) in [6.45, 7) is 6.10. The van der Waals surface area contributed by atoms with E-state index in [9.17, 15) is 4.79 Å². The average Bonchev–Trinajstić information content (AvgIpc) is 2.74. The molecule has 0 radical (unpaired) electrons. The third-order valence-corrected chi connectivity index (χ3v) is 5.25. The van der Waals surface area contributed by atoms with E-state index in [4.69, 9.17) is 12.2 Å². The fourth-order valence-electron chi connectivity index (χ4n) is 2.58. The van der Waals surface area contributed by atoms with Crippen LogP contribution in [0.5, 0.6) is 0 Å². The number of rotatable bonds is 2. The number of nitrogens with zero attached hydrogens (tertiary/aromatic N) is 1. The maximum absolute atomic E-state index is 12.9. The molecule has 0 aliphatic rings.